The number of nitrogens with one attached hydrogen (secondary N) is 1. The van der Waals surface area contributed by atoms with Crippen molar-refractivity contribution in [3.05, 3.63) is 68.1 Å². The SMILES string of the molecule is O=C(C=Cc1ccc(Cl)c(Cl)c1)Nc1ccc(Cl)cc1Cl. The molecule has 0 fully saturated rings. The molecule has 0 saturated carbocycles. The summed E-state index contributed by atoms with van der Waals surface area (Å²) in [6, 6.07) is 9.93. The van der Waals surface area contributed by atoms with E-state index in [0.717, 1.165) is 5.56 Å². The molecular weight excluding hydrogens is 352 g/mol. The third-order valence-corrected chi connectivity index (χ3v) is 3.85. The molecule has 0 aliphatic rings. The van der Waals surface area contributed by atoms with Gasteiger partial charge in [-0.05, 0) is 42.0 Å². The molecule has 2 nitrogen and oxygen atoms in total. The van der Waals surface area contributed by atoms with E-state index >= 15 is 0 Å². The van der Waals surface area contributed by atoms with Crippen LogP contribution in [0.25, 0.3) is 6.08 Å². The maximum Gasteiger partial charge on any atom is 0.248 e. The lowest BCUT2D eigenvalue weighted by atomic mass is 10.2. The summed E-state index contributed by atoms with van der Waals surface area (Å²) in [5, 5.41) is 4.43. The summed E-state index contributed by atoms with van der Waals surface area (Å²) in [4.78, 5) is 11.8. The van der Waals surface area contributed by atoms with Gasteiger partial charge in [0.2, 0.25) is 5.91 Å². The number of halogens is 4. The number of anilines is 1. The Labute approximate surface area is 142 Å². The topological polar surface area (TPSA) is 29.1 Å². The van der Waals surface area contributed by atoms with E-state index in [0.29, 0.717) is 25.8 Å². The maximum absolute atomic E-state index is 11.8. The molecule has 0 aliphatic carbocycles. The first kappa shape index (κ1) is 16.2. The summed E-state index contributed by atoms with van der Waals surface area (Å²) in [6.07, 6.45) is 3.01. The first-order valence-corrected chi connectivity index (χ1v) is 7.36. The lowest BCUT2D eigenvalue weighted by molar-refractivity contribution is -0.111. The molecule has 108 valence electrons. The van der Waals surface area contributed by atoms with Crippen LogP contribution >= 0.6 is 46.4 Å². The third-order valence-electron chi connectivity index (χ3n) is 2.56. The highest BCUT2D eigenvalue weighted by molar-refractivity contribution is 6.42. The molecule has 0 aliphatic heterocycles. The molecule has 2 aromatic carbocycles. The highest BCUT2D eigenvalue weighted by atomic mass is 35.5. The molecule has 0 radical (unpaired) electrons. The highest BCUT2D eigenvalue weighted by Crippen LogP contribution is 2.25. The van der Waals surface area contributed by atoms with Crippen molar-refractivity contribution in [2.24, 2.45) is 0 Å². The Kier molecular flexibility index (Phi) is 5.54. The van der Waals surface area contributed by atoms with Crippen molar-refractivity contribution < 1.29 is 4.79 Å². The van der Waals surface area contributed by atoms with Crippen molar-refractivity contribution in [1.82, 2.24) is 0 Å². The highest BCUT2D eigenvalue weighted by Gasteiger charge is 2.04. The Morgan fingerprint density at radius 2 is 1.67 bits per heavy atom. The summed E-state index contributed by atoms with van der Waals surface area (Å²) in [5.41, 5.74) is 1.26. The van der Waals surface area contributed by atoms with E-state index < -0.39 is 0 Å². The summed E-state index contributed by atoms with van der Waals surface area (Å²) >= 11 is 23.5. The molecule has 6 heteroatoms. The van der Waals surface area contributed by atoms with Gasteiger partial charge in [0.05, 0.1) is 20.8 Å². The van der Waals surface area contributed by atoms with Crippen molar-refractivity contribution in [2.75, 3.05) is 5.32 Å². The summed E-state index contributed by atoms with van der Waals surface area (Å²) in [5.74, 6) is -0.315. The van der Waals surface area contributed by atoms with Crippen molar-refractivity contribution in [2.45, 2.75) is 0 Å². The fraction of sp³-hybridized carbons (Fsp3) is 0. The molecule has 1 amide bonds. The van der Waals surface area contributed by atoms with E-state index in [-0.39, 0.29) is 5.91 Å². The van der Waals surface area contributed by atoms with Crippen LogP contribution in [-0.2, 0) is 4.79 Å². The molecule has 0 atom stereocenters. The van der Waals surface area contributed by atoms with Crippen molar-refractivity contribution >= 4 is 64.1 Å². The van der Waals surface area contributed by atoms with Gasteiger partial charge in [-0.25, -0.2) is 0 Å². The first-order valence-electron chi connectivity index (χ1n) is 5.85. The quantitative estimate of drug-likeness (QED) is 0.673. The summed E-state index contributed by atoms with van der Waals surface area (Å²) in [6.45, 7) is 0. The van der Waals surface area contributed by atoms with Gasteiger partial charge in [-0.1, -0.05) is 52.5 Å². The van der Waals surface area contributed by atoms with Gasteiger partial charge >= 0.3 is 0 Å². The number of amides is 1. The van der Waals surface area contributed by atoms with E-state index in [2.05, 4.69) is 5.32 Å². The largest absolute Gasteiger partial charge is 0.321 e. The van der Waals surface area contributed by atoms with Gasteiger partial charge in [0, 0.05) is 11.1 Å². The van der Waals surface area contributed by atoms with E-state index in [4.69, 9.17) is 46.4 Å². The molecule has 2 aromatic rings. The second kappa shape index (κ2) is 7.19. The van der Waals surface area contributed by atoms with Crippen LogP contribution < -0.4 is 5.32 Å². The van der Waals surface area contributed by atoms with E-state index in [1.807, 2.05) is 0 Å². The van der Waals surface area contributed by atoms with Crippen LogP contribution in [0.3, 0.4) is 0 Å². The average molecular weight is 361 g/mol. The predicted octanol–water partition coefficient (Wildman–Crippen LogP) is 5.95. The van der Waals surface area contributed by atoms with Crippen LogP contribution in [0.15, 0.2) is 42.5 Å². The van der Waals surface area contributed by atoms with Crippen LogP contribution in [-0.4, -0.2) is 5.91 Å². The van der Waals surface area contributed by atoms with Crippen molar-refractivity contribution in [3.63, 3.8) is 0 Å². The first-order chi connectivity index (χ1) is 9.95. The molecule has 2 rings (SSSR count). The Balaban J connectivity index is 2.07. The molecule has 1 N–H and O–H groups in total. The van der Waals surface area contributed by atoms with Gasteiger partial charge in [0.15, 0.2) is 0 Å². The fourth-order valence-electron chi connectivity index (χ4n) is 1.55. The monoisotopic (exact) mass is 359 g/mol. The van der Waals surface area contributed by atoms with E-state index in [9.17, 15) is 4.79 Å². The number of carbonyl (C=O) groups excluding carboxylic acids is 1. The number of hydrogen-bond donors (Lipinski definition) is 1. The second-order valence-electron chi connectivity index (χ2n) is 4.12. The van der Waals surface area contributed by atoms with Gasteiger partial charge in [0.25, 0.3) is 0 Å². The van der Waals surface area contributed by atoms with Crippen LogP contribution in [0, 0.1) is 0 Å². The molecule has 21 heavy (non-hydrogen) atoms. The molecule has 0 aromatic heterocycles. The number of hydrogen-bond acceptors (Lipinski definition) is 1. The van der Waals surface area contributed by atoms with E-state index in [1.165, 1.54) is 6.08 Å². The van der Waals surface area contributed by atoms with Gasteiger partial charge < -0.3 is 5.32 Å². The standard InChI is InChI=1S/C15H9Cl4NO/c16-10-3-5-14(13(19)8-10)20-15(21)6-2-9-1-4-11(17)12(18)7-9/h1-8H,(H,20,21). The molecule has 0 bridgehead atoms. The van der Waals surface area contributed by atoms with E-state index in [1.54, 1.807) is 42.5 Å². The average Bonchev–Trinajstić information content (AvgIpc) is 2.43. The lowest BCUT2D eigenvalue weighted by Crippen LogP contribution is -2.08. The molecular formula is C15H9Cl4NO. The second-order valence-corrected chi connectivity index (χ2v) is 5.78. The normalized spacial score (nSPS) is 10.9. The maximum atomic E-state index is 11.8. The fourth-order valence-corrected chi connectivity index (χ4v) is 2.32. The van der Waals surface area contributed by atoms with Crippen LogP contribution in [0.5, 0.6) is 0 Å². The number of benzene rings is 2. The third kappa shape index (κ3) is 4.65. The molecule has 0 heterocycles. The molecule has 0 saturated heterocycles. The minimum absolute atomic E-state index is 0.315. The van der Waals surface area contributed by atoms with Crippen molar-refractivity contribution in [3.8, 4) is 0 Å². The Morgan fingerprint density at radius 3 is 2.33 bits per heavy atom. The Bertz CT molecular complexity index is 713. The summed E-state index contributed by atoms with van der Waals surface area (Å²) in [7, 11) is 0. The van der Waals surface area contributed by atoms with Crippen LogP contribution in [0.2, 0.25) is 20.1 Å². The smallest absolute Gasteiger partial charge is 0.248 e. The zero-order chi connectivity index (χ0) is 15.4. The van der Waals surface area contributed by atoms with Gasteiger partial charge in [-0.15, -0.1) is 0 Å². The Morgan fingerprint density at radius 1 is 0.905 bits per heavy atom. The van der Waals surface area contributed by atoms with Gasteiger partial charge in [0.1, 0.15) is 0 Å². The van der Waals surface area contributed by atoms with Gasteiger partial charge in [-0.2, -0.15) is 0 Å². The van der Waals surface area contributed by atoms with Crippen molar-refractivity contribution in [1.29, 1.82) is 0 Å². The number of carbonyl (C=O) groups is 1. The zero-order valence-corrected chi connectivity index (χ0v) is 13.6. The lowest BCUT2D eigenvalue weighted by Gasteiger charge is -2.05. The van der Waals surface area contributed by atoms with Crippen LogP contribution in [0.4, 0.5) is 5.69 Å². The van der Waals surface area contributed by atoms with Crippen LogP contribution in [0.1, 0.15) is 5.56 Å². The predicted molar refractivity (Wildman–Crippen MR) is 90.6 cm³/mol. The van der Waals surface area contributed by atoms with Gasteiger partial charge in [-0.3, -0.25) is 4.79 Å². The molecule has 0 spiro atoms. The minimum atomic E-state index is -0.315. The Hall–Kier alpha value is -1.19. The summed E-state index contributed by atoms with van der Waals surface area (Å²) < 4.78 is 0. The minimum Gasteiger partial charge on any atom is -0.321 e. The molecule has 0 unspecified atom stereocenters. The zero-order valence-electron chi connectivity index (χ0n) is 10.5. The number of rotatable bonds is 3.